The maximum atomic E-state index is 5.71. The molecule has 21 rings (SSSR count). The molecule has 17 aromatic rings. The highest BCUT2D eigenvalue weighted by Gasteiger charge is 2.52. The molecule has 480 valence electrons. The lowest BCUT2D eigenvalue weighted by atomic mass is 9.66. The molecule has 0 bridgehead atoms. The smallest absolute Gasteiger partial charge is 0.170 e. The van der Waals surface area contributed by atoms with Crippen LogP contribution in [0.5, 0.6) is 0 Å². The van der Waals surface area contributed by atoms with Gasteiger partial charge in [0, 0.05) is 52.3 Å². The molecule has 0 N–H and O–H groups in total. The summed E-state index contributed by atoms with van der Waals surface area (Å²) in [6, 6.07) is 129. The van der Waals surface area contributed by atoms with Gasteiger partial charge in [-0.05, 0) is 172 Å². The number of fused-ring (bicyclic) bond motifs is 19. The zero-order valence-electron chi connectivity index (χ0n) is 55.5. The number of thiophene rings is 1. The standard InChI is InChI=1S/C96H58N4S3/c1-4-23-61(24-5-1)82-57-83(62-25-6-2-7-26-62)98-93(97-82)91-53-52-86(101-91)67-47-51-90-81(56-67)96(76-36-18-14-32-72(76)73-33-15-19-37-77(73)96)79-54-65(45-49-88(79)103-90)59-40-42-64(43-41-59)85-58-84(63-27-8-3-9-28-63)99-94(100-85)92-68-29-11-10-22-60(68)44-48-69(92)66-46-50-89-80(55-66)95(78-38-20-21-39-87(78)102-89)74-34-16-12-30-70(74)71-31-13-17-35-75(71)95/h1-58H. The monoisotopic (exact) mass is 1360 g/mol. The molecule has 0 fully saturated rings. The Hall–Kier alpha value is -12.1. The molecule has 4 aliphatic rings. The third-order valence-electron chi connectivity index (χ3n) is 21.5. The second-order valence-corrected chi connectivity index (χ2v) is 30.2. The summed E-state index contributed by atoms with van der Waals surface area (Å²) in [7, 11) is 0. The van der Waals surface area contributed by atoms with Crippen LogP contribution in [0.25, 0.3) is 133 Å². The average molecular weight is 1360 g/mol. The van der Waals surface area contributed by atoms with Crippen LogP contribution in [0, 0.1) is 0 Å². The summed E-state index contributed by atoms with van der Waals surface area (Å²) >= 11 is 5.49. The maximum Gasteiger partial charge on any atom is 0.170 e. The number of hydrogen-bond acceptors (Lipinski definition) is 7. The van der Waals surface area contributed by atoms with Gasteiger partial charge in [-0.3, -0.25) is 0 Å². The molecule has 2 aliphatic heterocycles. The summed E-state index contributed by atoms with van der Waals surface area (Å²) in [6.45, 7) is 0. The first-order valence-corrected chi connectivity index (χ1v) is 37.4. The van der Waals surface area contributed by atoms with Crippen molar-refractivity contribution in [2.24, 2.45) is 0 Å². The first kappa shape index (κ1) is 59.7. The van der Waals surface area contributed by atoms with Crippen molar-refractivity contribution in [3.05, 3.63) is 396 Å². The average Bonchev–Trinajstić information content (AvgIpc) is 1.56. The van der Waals surface area contributed by atoms with Gasteiger partial charge in [0.2, 0.25) is 0 Å². The quantitative estimate of drug-likeness (QED) is 0.144. The van der Waals surface area contributed by atoms with Crippen LogP contribution < -0.4 is 0 Å². The number of nitrogens with zero attached hydrogens (tertiary/aromatic N) is 4. The molecule has 4 nitrogen and oxygen atoms in total. The van der Waals surface area contributed by atoms with E-state index in [9.17, 15) is 0 Å². The van der Waals surface area contributed by atoms with Crippen molar-refractivity contribution in [1.29, 1.82) is 0 Å². The molecule has 0 saturated carbocycles. The fourth-order valence-electron chi connectivity index (χ4n) is 17.0. The van der Waals surface area contributed by atoms with E-state index in [4.69, 9.17) is 19.9 Å². The Kier molecular flexibility index (Phi) is 13.8. The molecule has 2 aliphatic carbocycles. The Balaban J connectivity index is 0.682. The second kappa shape index (κ2) is 23.8. The molecule has 0 saturated heterocycles. The van der Waals surface area contributed by atoms with Gasteiger partial charge in [0.15, 0.2) is 11.6 Å². The number of benzene rings is 14. The van der Waals surface area contributed by atoms with Gasteiger partial charge in [-0.15, -0.1) is 11.3 Å². The highest BCUT2D eigenvalue weighted by atomic mass is 32.2. The molecule has 103 heavy (non-hydrogen) atoms. The Morgan fingerprint density at radius 3 is 1.12 bits per heavy atom. The number of rotatable bonds is 9. The molecule has 5 heterocycles. The van der Waals surface area contributed by atoms with Crippen LogP contribution in [0.1, 0.15) is 44.5 Å². The van der Waals surface area contributed by atoms with Crippen molar-refractivity contribution < 1.29 is 0 Å². The summed E-state index contributed by atoms with van der Waals surface area (Å²) in [5, 5.41) is 2.22. The Morgan fingerprint density at radius 1 is 0.214 bits per heavy atom. The summed E-state index contributed by atoms with van der Waals surface area (Å²) in [5.41, 5.74) is 28.6. The Morgan fingerprint density at radius 2 is 0.583 bits per heavy atom. The van der Waals surface area contributed by atoms with Gasteiger partial charge in [-0.1, -0.05) is 309 Å². The highest BCUT2D eigenvalue weighted by Crippen LogP contribution is 2.65. The fraction of sp³-hybridized carbons (Fsp3) is 0.0208. The SMILES string of the molecule is c1ccc(-c2cc(-c3ccccc3)nc(-c3ccc(-c4ccc5c(c4)C4(c6cc(-c7ccc(-c8cc(-c9ccccc9)nc(-c9c(-c%10ccc%11c(c%10)C%10(c%12ccccc%12S%11)c%11ccccc%11-c%11ccccc%11%10)ccc%10ccccc9%10)n8)cc7)ccc6S5)c5ccccc5-c5ccccc54)s3)n2)cc1. The third kappa shape index (κ3) is 9.33. The van der Waals surface area contributed by atoms with Crippen molar-refractivity contribution in [3.8, 4) is 122 Å². The van der Waals surface area contributed by atoms with Gasteiger partial charge in [0.1, 0.15) is 0 Å². The normalized spacial score (nSPS) is 13.5. The molecule has 0 amide bonds. The van der Waals surface area contributed by atoms with E-state index in [1.54, 1.807) is 11.3 Å². The molecule has 2 spiro atoms. The summed E-state index contributed by atoms with van der Waals surface area (Å²) in [5.74, 6) is 1.39. The van der Waals surface area contributed by atoms with Gasteiger partial charge >= 0.3 is 0 Å². The second-order valence-electron chi connectivity index (χ2n) is 27.0. The summed E-state index contributed by atoms with van der Waals surface area (Å²) in [6.07, 6.45) is 0. The van der Waals surface area contributed by atoms with Crippen LogP contribution in [0.3, 0.4) is 0 Å². The van der Waals surface area contributed by atoms with E-state index >= 15 is 0 Å². The van der Waals surface area contributed by atoms with E-state index in [2.05, 4.69) is 340 Å². The Labute approximate surface area is 609 Å². The topological polar surface area (TPSA) is 51.6 Å². The molecule has 0 radical (unpaired) electrons. The predicted octanol–water partition coefficient (Wildman–Crippen LogP) is 25.1. The first-order valence-electron chi connectivity index (χ1n) is 35.0. The largest absolute Gasteiger partial charge is 0.228 e. The van der Waals surface area contributed by atoms with Crippen molar-refractivity contribution >= 4 is 45.6 Å². The van der Waals surface area contributed by atoms with E-state index in [-0.39, 0.29) is 0 Å². The zero-order chi connectivity index (χ0) is 67.7. The molecule has 0 unspecified atom stereocenters. The van der Waals surface area contributed by atoms with Gasteiger partial charge in [-0.2, -0.15) is 0 Å². The minimum absolute atomic E-state index is 0.525. The summed E-state index contributed by atoms with van der Waals surface area (Å²) in [4.78, 5) is 29.0. The van der Waals surface area contributed by atoms with Crippen LogP contribution in [-0.2, 0) is 10.8 Å². The van der Waals surface area contributed by atoms with Crippen LogP contribution in [0.4, 0.5) is 0 Å². The van der Waals surface area contributed by atoms with Crippen LogP contribution >= 0.6 is 34.9 Å². The number of aromatic nitrogens is 4. The Bertz CT molecular complexity index is 6170. The van der Waals surface area contributed by atoms with E-state index < -0.39 is 10.8 Å². The van der Waals surface area contributed by atoms with Gasteiger partial charge in [0.05, 0.1) is 38.5 Å². The lowest BCUT2D eigenvalue weighted by molar-refractivity contribution is 0.723. The van der Waals surface area contributed by atoms with Gasteiger partial charge in [-0.25, -0.2) is 19.9 Å². The fourth-order valence-corrected chi connectivity index (χ4v) is 20.3. The van der Waals surface area contributed by atoms with Crippen LogP contribution in [-0.4, -0.2) is 19.9 Å². The zero-order valence-corrected chi connectivity index (χ0v) is 57.9. The van der Waals surface area contributed by atoms with E-state index in [1.807, 2.05) is 35.7 Å². The molecular weight excluding hydrogens is 1310 g/mol. The van der Waals surface area contributed by atoms with Gasteiger partial charge < -0.3 is 0 Å². The maximum absolute atomic E-state index is 5.71. The molecule has 0 atom stereocenters. The van der Waals surface area contributed by atoms with E-state index in [1.165, 1.54) is 86.3 Å². The lowest BCUT2D eigenvalue weighted by Crippen LogP contribution is -2.32. The number of hydrogen-bond donors (Lipinski definition) is 0. The van der Waals surface area contributed by atoms with E-state index in [0.717, 1.165) is 98.9 Å². The predicted molar refractivity (Wildman–Crippen MR) is 425 cm³/mol. The minimum Gasteiger partial charge on any atom is -0.228 e. The molecule has 3 aromatic heterocycles. The van der Waals surface area contributed by atoms with Crippen molar-refractivity contribution in [2.45, 2.75) is 30.4 Å². The summed E-state index contributed by atoms with van der Waals surface area (Å²) < 4.78 is 0. The van der Waals surface area contributed by atoms with Crippen molar-refractivity contribution in [3.63, 3.8) is 0 Å². The highest BCUT2D eigenvalue weighted by molar-refractivity contribution is 7.99. The first-order chi connectivity index (χ1) is 51.0. The van der Waals surface area contributed by atoms with Crippen molar-refractivity contribution in [1.82, 2.24) is 19.9 Å². The molecule has 7 heteroatoms. The van der Waals surface area contributed by atoms with Crippen molar-refractivity contribution in [2.75, 3.05) is 0 Å². The molecule has 14 aromatic carbocycles. The lowest BCUT2D eigenvalue weighted by Gasteiger charge is -2.40. The van der Waals surface area contributed by atoms with Crippen LogP contribution in [0.15, 0.2) is 371 Å². The van der Waals surface area contributed by atoms with Crippen LogP contribution in [0.2, 0.25) is 0 Å². The molecular formula is C96H58N4S3. The third-order valence-corrected chi connectivity index (χ3v) is 25.0. The van der Waals surface area contributed by atoms with Gasteiger partial charge in [0.25, 0.3) is 0 Å². The van der Waals surface area contributed by atoms with E-state index in [0.29, 0.717) is 11.6 Å². The minimum atomic E-state index is -0.614.